The van der Waals surface area contributed by atoms with E-state index >= 15 is 0 Å². The van der Waals surface area contributed by atoms with Gasteiger partial charge in [0, 0.05) is 0 Å². The third-order valence-electron chi connectivity index (χ3n) is 3.46. The van der Waals surface area contributed by atoms with Crippen molar-refractivity contribution in [2.45, 2.75) is 79.8 Å². The molecular formula is C18H34O4. The zero-order valence-electron chi connectivity index (χ0n) is 15.2. The van der Waals surface area contributed by atoms with E-state index in [0.29, 0.717) is 24.4 Å². The average molecular weight is 314 g/mol. The number of esters is 2. The van der Waals surface area contributed by atoms with Crippen LogP contribution in [0.2, 0.25) is 0 Å². The van der Waals surface area contributed by atoms with E-state index < -0.39 is 0 Å². The van der Waals surface area contributed by atoms with Crippen LogP contribution < -0.4 is 0 Å². The Morgan fingerprint density at radius 2 is 1.41 bits per heavy atom. The molecule has 0 aliphatic heterocycles. The van der Waals surface area contributed by atoms with Crippen molar-refractivity contribution < 1.29 is 19.1 Å². The van der Waals surface area contributed by atoms with Crippen LogP contribution in [0.5, 0.6) is 0 Å². The highest BCUT2D eigenvalue weighted by molar-refractivity contribution is 5.77. The lowest BCUT2D eigenvalue weighted by molar-refractivity contribution is -0.156. The highest BCUT2D eigenvalue weighted by Crippen LogP contribution is 2.23. The molecule has 130 valence electrons. The van der Waals surface area contributed by atoms with Crippen molar-refractivity contribution >= 4 is 11.9 Å². The third-order valence-corrected chi connectivity index (χ3v) is 3.46. The fourth-order valence-corrected chi connectivity index (χ4v) is 2.48. The molecule has 0 aromatic carbocycles. The van der Waals surface area contributed by atoms with Crippen LogP contribution in [0.1, 0.15) is 73.6 Å². The van der Waals surface area contributed by atoms with Gasteiger partial charge in [-0.3, -0.25) is 9.59 Å². The molecule has 0 N–H and O–H groups in total. The average Bonchev–Trinajstić information content (AvgIpc) is 2.40. The van der Waals surface area contributed by atoms with Gasteiger partial charge in [0.1, 0.15) is 6.10 Å². The Bertz CT molecular complexity index is 323. The number of carbonyl (C=O) groups excluding carboxylic acids is 2. The minimum absolute atomic E-state index is 0.0680. The van der Waals surface area contributed by atoms with Crippen LogP contribution in [0.3, 0.4) is 0 Å². The lowest BCUT2D eigenvalue weighted by Crippen LogP contribution is -2.28. The van der Waals surface area contributed by atoms with Crippen LogP contribution in [-0.2, 0) is 19.1 Å². The van der Waals surface area contributed by atoms with Crippen molar-refractivity contribution in [2.75, 3.05) is 6.61 Å². The summed E-state index contributed by atoms with van der Waals surface area (Å²) in [5.41, 5.74) is 0. The van der Waals surface area contributed by atoms with E-state index in [1.54, 1.807) is 0 Å². The monoisotopic (exact) mass is 314 g/mol. The number of carbonyl (C=O) groups is 2. The summed E-state index contributed by atoms with van der Waals surface area (Å²) in [4.78, 5) is 23.4. The summed E-state index contributed by atoms with van der Waals surface area (Å²) in [7, 11) is 0. The van der Waals surface area contributed by atoms with E-state index in [0.717, 1.165) is 19.3 Å². The van der Waals surface area contributed by atoms with Gasteiger partial charge in [-0.2, -0.15) is 0 Å². The van der Waals surface area contributed by atoms with Gasteiger partial charge in [-0.1, -0.05) is 41.5 Å². The normalized spacial score (nSPS) is 14.0. The zero-order chi connectivity index (χ0) is 17.1. The molecule has 0 amide bonds. The quantitative estimate of drug-likeness (QED) is 0.532. The second kappa shape index (κ2) is 11.5. The molecule has 4 nitrogen and oxygen atoms in total. The van der Waals surface area contributed by atoms with Crippen molar-refractivity contribution in [3.8, 4) is 0 Å². The van der Waals surface area contributed by atoms with E-state index in [1.807, 2.05) is 6.92 Å². The van der Waals surface area contributed by atoms with Gasteiger partial charge in [-0.15, -0.1) is 0 Å². The molecular weight excluding hydrogens is 280 g/mol. The van der Waals surface area contributed by atoms with Gasteiger partial charge in [0.15, 0.2) is 0 Å². The molecule has 0 aromatic rings. The smallest absolute Gasteiger partial charge is 0.306 e. The molecule has 0 fully saturated rings. The molecule has 4 heteroatoms. The first kappa shape index (κ1) is 20.9. The molecule has 0 spiro atoms. The topological polar surface area (TPSA) is 52.6 Å². The van der Waals surface area contributed by atoms with Crippen molar-refractivity contribution in [2.24, 2.45) is 17.8 Å². The highest BCUT2D eigenvalue weighted by atomic mass is 16.5. The fraction of sp³-hybridized carbons (Fsp3) is 0.889. The molecule has 0 aliphatic carbocycles. The van der Waals surface area contributed by atoms with Crippen LogP contribution in [0, 0.1) is 17.8 Å². The Hall–Kier alpha value is -1.06. The Kier molecular flexibility index (Phi) is 10.9. The molecule has 0 bridgehead atoms. The predicted octanol–water partition coefficient (Wildman–Crippen LogP) is 4.36. The second-order valence-corrected chi connectivity index (χ2v) is 6.99. The van der Waals surface area contributed by atoms with Gasteiger partial charge in [0.2, 0.25) is 0 Å². The summed E-state index contributed by atoms with van der Waals surface area (Å²) in [5, 5.41) is 0. The van der Waals surface area contributed by atoms with Gasteiger partial charge in [0.25, 0.3) is 0 Å². The first-order chi connectivity index (χ1) is 10.3. The van der Waals surface area contributed by atoms with Gasteiger partial charge >= 0.3 is 11.9 Å². The van der Waals surface area contributed by atoms with Gasteiger partial charge < -0.3 is 9.47 Å². The summed E-state index contributed by atoms with van der Waals surface area (Å²) in [6, 6.07) is 0. The molecule has 0 radical (unpaired) electrons. The summed E-state index contributed by atoms with van der Waals surface area (Å²) in [5.74, 6) is 0.761. The first-order valence-corrected chi connectivity index (χ1v) is 8.61. The maximum atomic E-state index is 12.0. The minimum Gasteiger partial charge on any atom is -0.466 e. The zero-order valence-corrected chi connectivity index (χ0v) is 15.2. The van der Waals surface area contributed by atoms with Crippen LogP contribution in [-0.4, -0.2) is 24.6 Å². The third kappa shape index (κ3) is 10.6. The van der Waals surface area contributed by atoms with Gasteiger partial charge in [-0.05, 0) is 37.0 Å². The molecule has 0 aromatic heterocycles. The van der Waals surface area contributed by atoms with E-state index in [9.17, 15) is 9.59 Å². The van der Waals surface area contributed by atoms with Crippen molar-refractivity contribution in [3.05, 3.63) is 0 Å². The summed E-state index contributed by atoms with van der Waals surface area (Å²) < 4.78 is 10.6. The summed E-state index contributed by atoms with van der Waals surface area (Å²) in [6.07, 6.45) is 2.82. The van der Waals surface area contributed by atoms with Crippen molar-refractivity contribution in [1.82, 2.24) is 0 Å². The largest absolute Gasteiger partial charge is 0.466 e. The summed E-state index contributed by atoms with van der Waals surface area (Å²) >= 11 is 0. The first-order valence-electron chi connectivity index (χ1n) is 8.61. The molecule has 0 heterocycles. The molecule has 0 saturated carbocycles. The summed E-state index contributed by atoms with van der Waals surface area (Å²) in [6.45, 7) is 13.1. The second-order valence-electron chi connectivity index (χ2n) is 6.99. The van der Waals surface area contributed by atoms with E-state index in [1.165, 1.54) is 0 Å². The van der Waals surface area contributed by atoms with Crippen molar-refractivity contribution in [3.63, 3.8) is 0 Å². The van der Waals surface area contributed by atoms with Crippen LogP contribution in [0.15, 0.2) is 0 Å². The van der Waals surface area contributed by atoms with Crippen LogP contribution in [0.4, 0.5) is 0 Å². The number of hydrogen-bond acceptors (Lipinski definition) is 4. The Balaban J connectivity index is 4.34. The highest BCUT2D eigenvalue weighted by Gasteiger charge is 2.23. The number of hydrogen-bond donors (Lipinski definition) is 0. The molecule has 0 aliphatic rings. The molecule has 2 unspecified atom stereocenters. The molecule has 2 atom stereocenters. The predicted molar refractivity (Wildman–Crippen MR) is 88.4 cm³/mol. The molecule has 0 rings (SSSR count). The van der Waals surface area contributed by atoms with E-state index in [2.05, 4.69) is 34.6 Å². The number of ether oxygens (including phenoxy) is 2. The number of rotatable bonds is 11. The molecule has 22 heavy (non-hydrogen) atoms. The van der Waals surface area contributed by atoms with E-state index in [-0.39, 0.29) is 30.9 Å². The van der Waals surface area contributed by atoms with Gasteiger partial charge in [-0.25, -0.2) is 0 Å². The van der Waals surface area contributed by atoms with Gasteiger partial charge in [0.05, 0.1) is 19.4 Å². The van der Waals surface area contributed by atoms with Crippen LogP contribution >= 0.6 is 0 Å². The Labute approximate surface area is 135 Å². The standard InChI is InChI=1S/C18H34O4/c1-7-10-21-17(19)8-9-18(20)22-16(12-14(4)5)15(6)11-13(2)3/h13-16H,7-12H2,1-6H3. The maximum absolute atomic E-state index is 12.0. The van der Waals surface area contributed by atoms with Crippen molar-refractivity contribution in [1.29, 1.82) is 0 Å². The Morgan fingerprint density at radius 1 is 0.864 bits per heavy atom. The fourth-order valence-electron chi connectivity index (χ4n) is 2.48. The van der Waals surface area contributed by atoms with Crippen LogP contribution in [0.25, 0.3) is 0 Å². The lowest BCUT2D eigenvalue weighted by atomic mass is 9.89. The molecule has 0 saturated heterocycles. The Morgan fingerprint density at radius 3 is 1.91 bits per heavy atom. The minimum atomic E-state index is -0.325. The van der Waals surface area contributed by atoms with E-state index in [4.69, 9.17) is 9.47 Å². The SMILES string of the molecule is CCCOC(=O)CCC(=O)OC(CC(C)C)C(C)CC(C)C. The lowest BCUT2D eigenvalue weighted by Gasteiger charge is -2.27. The maximum Gasteiger partial charge on any atom is 0.306 e.